The molecule has 30 heavy (non-hydrogen) atoms. The molecule has 1 fully saturated rings. The monoisotopic (exact) mass is 433 g/mol. The van der Waals surface area contributed by atoms with E-state index in [1.165, 1.54) is 4.88 Å². The summed E-state index contributed by atoms with van der Waals surface area (Å²) in [5.41, 5.74) is 1.07. The molecule has 164 valence electrons. The van der Waals surface area contributed by atoms with Gasteiger partial charge in [0.05, 0.1) is 34.4 Å². The lowest BCUT2D eigenvalue weighted by molar-refractivity contribution is -0.132. The van der Waals surface area contributed by atoms with Crippen LogP contribution < -0.4 is 14.2 Å². The van der Waals surface area contributed by atoms with Gasteiger partial charge in [-0.1, -0.05) is 12.1 Å². The lowest BCUT2D eigenvalue weighted by atomic mass is 10.1. The maximum absolute atomic E-state index is 12.6. The Morgan fingerprint density at radius 2 is 1.70 bits per heavy atom. The molecule has 1 aliphatic heterocycles. The van der Waals surface area contributed by atoms with Crippen LogP contribution in [0.15, 0.2) is 29.6 Å². The molecule has 0 N–H and O–H groups in total. The molecule has 1 aliphatic rings. The first kappa shape index (κ1) is 22.4. The number of carbonyl (C=O) groups is 1. The van der Waals surface area contributed by atoms with E-state index in [-0.39, 0.29) is 5.91 Å². The molecule has 7 nitrogen and oxygen atoms in total. The molecule has 0 spiro atoms. The zero-order valence-electron chi connectivity index (χ0n) is 18.2. The quantitative estimate of drug-likeness (QED) is 0.606. The number of carbonyl (C=O) groups excluding carboxylic acids is 1. The van der Waals surface area contributed by atoms with Crippen molar-refractivity contribution in [3.63, 3.8) is 0 Å². The zero-order chi connectivity index (χ0) is 21.5. The lowest BCUT2D eigenvalue weighted by Gasteiger charge is -2.35. The highest BCUT2D eigenvalue weighted by atomic mass is 32.1. The van der Waals surface area contributed by atoms with Gasteiger partial charge in [0.2, 0.25) is 11.7 Å². The van der Waals surface area contributed by atoms with Gasteiger partial charge in [0, 0.05) is 50.2 Å². The van der Waals surface area contributed by atoms with E-state index in [9.17, 15) is 4.79 Å². The second-order valence-electron chi connectivity index (χ2n) is 7.37. The van der Waals surface area contributed by atoms with Crippen LogP contribution in [0, 0.1) is 0 Å². The smallest absolute Gasteiger partial charge is 0.236 e. The normalized spacial score (nSPS) is 15.1. The molecule has 2 aromatic rings. The molecule has 3 rings (SSSR count). The minimum Gasteiger partial charge on any atom is -0.493 e. The molecule has 0 aliphatic carbocycles. The molecule has 2 heterocycles. The third-order valence-corrected chi connectivity index (χ3v) is 6.26. The van der Waals surface area contributed by atoms with Crippen molar-refractivity contribution in [2.75, 3.05) is 61.1 Å². The predicted molar refractivity (Wildman–Crippen MR) is 119 cm³/mol. The summed E-state index contributed by atoms with van der Waals surface area (Å²) in [5, 5.41) is 2.04. The van der Waals surface area contributed by atoms with Crippen LogP contribution in [-0.4, -0.2) is 81.7 Å². The number of ether oxygens (including phenoxy) is 3. The van der Waals surface area contributed by atoms with E-state index in [0.29, 0.717) is 30.3 Å². The third kappa shape index (κ3) is 5.44. The van der Waals surface area contributed by atoms with Gasteiger partial charge >= 0.3 is 0 Å². The number of methoxy groups -OCH3 is 3. The molecule has 1 aromatic heterocycles. The number of benzene rings is 1. The van der Waals surface area contributed by atoms with Crippen molar-refractivity contribution in [1.82, 2.24) is 14.7 Å². The Hall–Kier alpha value is -2.29. The standard InChI is InChI=1S/C22H31N3O4S/c1-23(15-18-6-5-13-30-18)20(26)16-25-11-9-24(10-12-25)14-17-7-8-19(27-2)22(29-4)21(17)28-3/h5-8,13H,9-12,14-16H2,1-4H3. The van der Waals surface area contributed by atoms with Crippen LogP contribution in [0.4, 0.5) is 0 Å². The Morgan fingerprint density at radius 1 is 1.00 bits per heavy atom. The number of hydrogen-bond acceptors (Lipinski definition) is 7. The fourth-order valence-electron chi connectivity index (χ4n) is 3.67. The van der Waals surface area contributed by atoms with E-state index < -0.39 is 0 Å². The minimum absolute atomic E-state index is 0.165. The summed E-state index contributed by atoms with van der Waals surface area (Å²) in [5.74, 6) is 2.16. The number of nitrogens with zero attached hydrogens (tertiary/aromatic N) is 3. The van der Waals surface area contributed by atoms with Crippen LogP contribution >= 0.6 is 11.3 Å². The van der Waals surface area contributed by atoms with E-state index in [2.05, 4.69) is 15.9 Å². The van der Waals surface area contributed by atoms with Gasteiger partial charge in [-0.2, -0.15) is 0 Å². The van der Waals surface area contributed by atoms with Crippen LogP contribution in [-0.2, 0) is 17.9 Å². The van der Waals surface area contributed by atoms with Crippen LogP contribution in [0.5, 0.6) is 17.2 Å². The molecule has 0 radical (unpaired) electrons. The first-order valence-electron chi connectivity index (χ1n) is 10.0. The van der Waals surface area contributed by atoms with Gasteiger partial charge < -0.3 is 19.1 Å². The minimum atomic E-state index is 0.165. The Bertz CT molecular complexity index is 820. The Kier molecular flexibility index (Phi) is 7.95. The predicted octanol–water partition coefficient (Wildman–Crippen LogP) is 2.55. The first-order valence-corrected chi connectivity index (χ1v) is 10.9. The summed E-state index contributed by atoms with van der Waals surface area (Å²) < 4.78 is 16.5. The fourth-order valence-corrected chi connectivity index (χ4v) is 4.43. The Labute approximate surface area is 182 Å². The molecule has 0 saturated carbocycles. The van der Waals surface area contributed by atoms with E-state index in [1.807, 2.05) is 35.5 Å². The molecule has 0 unspecified atom stereocenters. The second-order valence-corrected chi connectivity index (χ2v) is 8.41. The summed E-state index contributed by atoms with van der Waals surface area (Å²) in [6.45, 7) is 5.45. The number of piperazine rings is 1. The number of rotatable bonds is 9. The van der Waals surface area contributed by atoms with Crippen molar-refractivity contribution in [3.8, 4) is 17.2 Å². The van der Waals surface area contributed by atoms with Crippen molar-refractivity contribution in [3.05, 3.63) is 40.1 Å². The molecule has 0 bridgehead atoms. The molecular weight excluding hydrogens is 402 g/mol. The van der Waals surface area contributed by atoms with E-state index in [4.69, 9.17) is 14.2 Å². The maximum Gasteiger partial charge on any atom is 0.236 e. The highest BCUT2D eigenvalue weighted by Crippen LogP contribution is 2.40. The van der Waals surface area contributed by atoms with Crippen molar-refractivity contribution in [2.24, 2.45) is 0 Å². The van der Waals surface area contributed by atoms with Crippen LogP contribution in [0.1, 0.15) is 10.4 Å². The SMILES string of the molecule is COc1ccc(CN2CCN(CC(=O)N(C)Cc3cccs3)CC2)c(OC)c1OC. The molecular formula is C22H31N3O4S. The van der Waals surface area contributed by atoms with Crippen LogP contribution in [0.3, 0.4) is 0 Å². The largest absolute Gasteiger partial charge is 0.493 e. The molecule has 8 heteroatoms. The second kappa shape index (κ2) is 10.7. The Balaban J connectivity index is 1.52. The van der Waals surface area contributed by atoms with Gasteiger partial charge in [0.1, 0.15) is 0 Å². The van der Waals surface area contributed by atoms with Gasteiger partial charge in [-0.25, -0.2) is 0 Å². The zero-order valence-corrected chi connectivity index (χ0v) is 19.0. The molecule has 1 amide bonds. The van der Waals surface area contributed by atoms with Gasteiger partial charge in [0.25, 0.3) is 0 Å². The number of hydrogen-bond donors (Lipinski definition) is 0. The van der Waals surface area contributed by atoms with Gasteiger partial charge in [-0.15, -0.1) is 11.3 Å². The summed E-state index contributed by atoms with van der Waals surface area (Å²) in [6, 6.07) is 8.02. The van der Waals surface area contributed by atoms with Crippen molar-refractivity contribution in [1.29, 1.82) is 0 Å². The lowest BCUT2D eigenvalue weighted by Crippen LogP contribution is -2.49. The van der Waals surface area contributed by atoms with Crippen LogP contribution in [0.25, 0.3) is 0 Å². The molecule has 1 aromatic carbocycles. The number of amides is 1. The number of thiophene rings is 1. The van der Waals surface area contributed by atoms with Gasteiger partial charge in [0.15, 0.2) is 11.5 Å². The van der Waals surface area contributed by atoms with Crippen molar-refractivity contribution < 1.29 is 19.0 Å². The summed E-state index contributed by atoms with van der Waals surface area (Å²) >= 11 is 1.68. The summed E-state index contributed by atoms with van der Waals surface area (Å²) in [6.07, 6.45) is 0. The van der Waals surface area contributed by atoms with Crippen molar-refractivity contribution in [2.45, 2.75) is 13.1 Å². The highest BCUT2D eigenvalue weighted by molar-refractivity contribution is 7.09. The molecule has 0 atom stereocenters. The first-order chi connectivity index (χ1) is 14.5. The summed E-state index contributed by atoms with van der Waals surface area (Å²) in [4.78, 5) is 20.2. The van der Waals surface area contributed by atoms with Gasteiger partial charge in [-0.05, 0) is 17.5 Å². The van der Waals surface area contributed by atoms with E-state index in [0.717, 1.165) is 38.3 Å². The van der Waals surface area contributed by atoms with Crippen molar-refractivity contribution >= 4 is 17.2 Å². The van der Waals surface area contributed by atoms with E-state index in [1.54, 1.807) is 32.7 Å². The topological polar surface area (TPSA) is 54.5 Å². The van der Waals surface area contributed by atoms with E-state index >= 15 is 0 Å². The third-order valence-electron chi connectivity index (χ3n) is 5.40. The van der Waals surface area contributed by atoms with Gasteiger partial charge in [-0.3, -0.25) is 14.6 Å². The maximum atomic E-state index is 12.6. The van der Waals surface area contributed by atoms with Crippen LogP contribution in [0.2, 0.25) is 0 Å². The average Bonchev–Trinajstić information content (AvgIpc) is 3.27. The Morgan fingerprint density at radius 3 is 2.30 bits per heavy atom. The average molecular weight is 434 g/mol. The highest BCUT2D eigenvalue weighted by Gasteiger charge is 2.23. The molecule has 1 saturated heterocycles. The fraction of sp³-hybridized carbons (Fsp3) is 0.500. The summed E-state index contributed by atoms with van der Waals surface area (Å²) in [7, 11) is 6.77. The number of likely N-dealkylation sites (N-methyl/N-ethyl adjacent to an activating group) is 1.